The Labute approximate surface area is 272 Å². The van der Waals surface area contributed by atoms with E-state index in [1.807, 2.05) is 13.8 Å². The van der Waals surface area contributed by atoms with Gasteiger partial charge in [0.2, 0.25) is 5.91 Å². The van der Waals surface area contributed by atoms with Crippen molar-refractivity contribution in [3.8, 4) is 0 Å². The van der Waals surface area contributed by atoms with Crippen molar-refractivity contribution >= 4 is 33.7 Å². The standard InChI is InChI=1S/C32H52F2N4O7S/c1-23-20-25(37(5)29(42)45-30(3,4)15-13-11-9-7-6-8-10-12-14-27(39)40)21-24(2)26(23)22-32(33,34)46(43,44)38-18-16-31(36,17-19-38)28(35)41/h20-21H,6-19,22,36H2,1-5H3,(H2,35,41)(H,39,40). The SMILES string of the molecule is Cc1cc(N(C)C(=O)OC(C)(C)CCCCCCCCCCC(=O)O)cc(C)c1CC(F)(F)S(=O)(=O)N1CCC(N)(C(N)=O)CC1. The highest BCUT2D eigenvalue weighted by atomic mass is 32.2. The molecule has 0 aliphatic carbocycles. The molecule has 14 heteroatoms. The number of sulfonamides is 1. The Bertz CT molecular complexity index is 1310. The number of carbonyl (C=O) groups excluding carboxylic acids is 2. The number of alkyl halides is 2. The number of carbonyl (C=O) groups is 3. The zero-order chi connectivity index (χ0) is 34.9. The molecule has 1 aliphatic heterocycles. The number of nitrogens with zero attached hydrogens (tertiary/aromatic N) is 2. The number of halogens is 2. The first-order valence-corrected chi connectivity index (χ1v) is 17.4. The van der Waals surface area contributed by atoms with Gasteiger partial charge in [-0.15, -0.1) is 0 Å². The molecule has 11 nitrogen and oxygen atoms in total. The monoisotopic (exact) mass is 674 g/mol. The number of carboxylic acids is 1. The summed E-state index contributed by atoms with van der Waals surface area (Å²) >= 11 is 0. The van der Waals surface area contributed by atoms with Gasteiger partial charge >= 0.3 is 17.3 Å². The summed E-state index contributed by atoms with van der Waals surface area (Å²) in [5, 5.41) is 4.56. The Kier molecular flexibility index (Phi) is 14.0. The normalized spacial score (nSPS) is 15.8. The van der Waals surface area contributed by atoms with Crippen LogP contribution >= 0.6 is 0 Å². The van der Waals surface area contributed by atoms with Gasteiger partial charge in [0.05, 0.1) is 12.0 Å². The van der Waals surface area contributed by atoms with E-state index < -0.39 is 50.8 Å². The Morgan fingerprint density at radius 3 is 1.93 bits per heavy atom. The van der Waals surface area contributed by atoms with E-state index in [2.05, 4.69) is 0 Å². The van der Waals surface area contributed by atoms with Crippen LogP contribution in [0.25, 0.3) is 0 Å². The van der Waals surface area contributed by atoms with Gasteiger partial charge in [-0.05, 0) is 88.6 Å². The summed E-state index contributed by atoms with van der Waals surface area (Å²) in [4.78, 5) is 36.5. The predicted molar refractivity (Wildman–Crippen MR) is 173 cm³/mol. The Morgan fingerprint density at radius 1 is 0.978 bits per heavy atom. The number of aliphatic carboxylic acids is 1. The third-order valence-electron chi connectivity index (χ3n) is 8.83. The molecular formula is C32H52F2N4O7S. The number of anilines is 1. The molecule has 0 spiro atoms. The quantitative estimate of drug-likeness (QED) is 0.174. The van der Waals surface area contributed by atoms with Crippen LogP contribution in [0, 0.1) is 13.8 Å². The molecule has 0 aromatic heterocycles. The van der Waals surface area contributed by atoms with E-state index in [1.54, 1.807) is 26.0 Å². The average Bonchev–Trinajstić information content (AvgIpc) is 2.95. The van der Waals surface area contributed by atoms with Gasteiger partial charge in [-0.3, -0.25) is 14.5 Å². The van der Waals surface area contributed by atoms with Gasteiger partial charge in [0.25, 0.3) is 10.0 Å². The summed E-state index contributed by atoms with van der Waals surface area (Å²) < 4.78 is 63.0. The second-order valence-corrected chi connectivity index (χ2v) is 15.3. The van der Waals surface area contributed by atoms with Gasteiger partial charge in [0.1, 0.15) is 5.60 Å². The number of piperidine rings is 1. The Hall–Kier alpha value is -2.84. The van der Waals surface area contributed by atoms with E-state index in [9.17, 15) is 22.8 Å². The van der Waals surface area contributed by atoms with Crippen molar-refractivity contribution in [1.29, 1.82) is 0 Å². The summed E-state index contributed by atoms with van der Waals surface area (Å²) in [5.41, 5.74) is 10.4. The van der Waals surface area contributed by atoms with Crippen molar-refractivity contribution in [3.63, 3.8) is 0 Å². The molecule has 5 N–H and O–H groups in total. The average molecular weight is 675 g/mol. The molecule has 1 saturated heterocycles. The van der Waals surface area contributed by atoms with Gasteiger partial charge in [0.15, 0.2) is 0 Å². The zero-order valence-corrected chi connectivity index (χ0v) is 28.7. The number of primary amides is 1. The van der Waals surface area contributed by atoms with E-state index >= 15 is 8.78 Å². The minimum Gasteiger partial charge on any atom is -0.481 e. The first-order chi connectivity index (χ1) is 21.2. The van der Waals surface area contributed by atoms with Gasteiger partial charge in [-0.1, -0.05) is 38.5 Å². The van der Waals surface area contributed by atoms with Crippen LogP contribution < -0.4 is 16.4 Å². The molecule has 0 saturated carbocycles. The molecule has 1 heterocycles. The highest BCUT2D eigenvalue weighted by molar-refractivity contribution is 7.90. The van der Waals surface area contributed by atoms with Crippen molar-refractivity contribution in [1.82, 2.24) is 4.31 Å². The predicted octanol–water partition coefficient (Wildman–Crippen LogP) is 5.38. The van der Waals surface area contributed by atoms with Crippen LogP contribution in [0.15, 0.2) is 12.1 Å². The van der Waals surface area contributed by atoms with Gasteiger partial charge in [-0.2, -0.15) is 13.1 Å². The number of nitrogens with two attached hydrogens (primary N) is 2. The lowest BCUT2D eigenvalue weighted by Gasteiger charge is -2.37. The second kappa shape index (κ2) is 16.3. The van der Waals surface area contributed by atoms with Crippen LogP contribution in [0.3, 0.4) is 0 Å². The number of ether oxygens (including phenoxy) is 1. The molecule has 46 heavy (non-hydrogen) atoms. The molecule has 1 aromatic carbocycles. The van der Waals surface area contributed by atoms with Gasteiger partial charge < -0.3 is 21.3 Å². The highest BCUT2D eigenvalue weighted by Crippen LogP contribution is 2.35. The molecule has 0 unspecified atom stereocenters. The third-order valence-corrected chi connectivity index (χ3v) is 10.8. The van der Waals surface area contributed by atoms with E-state index in [1.165, 1.54) is 11.9 Å². The van der Waals surface area contributed by atoms with Crippen molar-refractivity contribution < 1.29 is 41.4 Å². The van der Waals surface area contributed by atoms with Crippen LogP contribution in [-0.4, -0.2) is 72.3 Å². The number of benzene rings is 1. The van der Waals surface area contributed by atoms with Crippen molar-refractivity contribution in [2.75, 3.05) is 25.0 Å². The topological polar surface area (TPSA) is 173 Å². The van der Waals surface area contributed by atoms with Crippen molar-refractivity contribution in [2.24, 2.45) is 11.5 Å². The van der Waals surface area contributed by atoms with Crippen LogP contribution in [0.4, 0.5) is 19.3 Å². The molecule has 1 aromatic rings. The lowest BCUT2D eigenvalue weighted by atomic mass is 9.89. The number of carboxylic acid groups (broad SMARTS) is 1. The smallest absolute Gasteiger partial charge is 0.414 e. The Morgan fingerprint density at radius 2 is 1.46 bits per heavy atom. The molecular weight excluding hydrogens is 622 g/mol. The maximum absolute atomic E-state index is 15.4. The molecule has 0 bridgehead atoms. The van der Waals surface area contributed by atoms with Gasteiger partial charge in [-0.25, -0.2) is 13.2 Å². The minimum atomic E-state index is -5.06. The lowest BCUT2D eigenvalue weighted by Crippen LogP contribution is -2.60. The maximum atomic E-state index is 15.4. The summed E-state index contributed by atoms with van der Waals surface area (Å²) in [6.07, 6.45) is 6.66. The molecule has 1 aliphatic rings. The highest BCUT2D eigenvalue weighted by Gasteiger charge is 2.51. The molecule has 2 rings (SSSR count). The molecule has 262 valence electrons. The molecule has 0 radical (unpaired) electrons. The largest absolute Gasteiger partial charge is 0.481 e. The van der Waals surface area contributed by atoms with Crippen LogP contribution in [0.2, 0.25) is 0 Å². The van der Waals surface area contributed by atoms with Crippen LogP contribution in [0.5, 0.6) is 0 Å². The van der Waals surface area contributed by atoms with E-state index in [0.29, 0.717) is 34.0 Å². The number of amides is 2. The number of aryl methyl sites for hydroxylation is 2. The van der Waals surface area contributed by atoms with E-state index in [4.69, 9.17) is 21.3 Å². The fraction of sp³-hybridized carbons (Fsp3) is 0.719. The van der Waals surface area contributed by atoms with Crippen LogP contribution in [-0.2, 0) is 30.8 Å². The van der Waals surface area contributed by atoms with E-state index in [-0.39, 0.29) is 37.9 Å². The molecule has 1 fully saturated rings. The van der Waals surface area contributed by atoms with Crippen molar-refractivity contribution in [2.45, 2.75) is 128 Å². The Balaban J connectivity index is 1.93. The summed E-state index contributed by atoms with van der Waals surface area (Å²) in [6.45, 7) is 6.18. The summed E-state index contributed by atoms with van der Waals surface area (Å²) in [6, 6.07) is 3.11. The molecule has 2 amide bonds. The summed E-state index contributed by atoms with van der Waals surface area (Å²) in [7, 11) is -3.53. The fourth-order valence-electron chi connectivity index (χ4n) is 5.65. The first kappa shape index (κ1) is 39.3. The number of unbranched alkanes of at least 4 members (excludes halogenated alkanes) is 7. The van der Waals surface area contributed by atoms with Crippen LogP contribution in [0.1, 0.15) is 108 Å². The maximum Gasteiger partial charge on any atom is 0.414 e. The molecule has 0 atom stereocenters. The number of rotatable bonds is 18. The lowest BCUT2D eigenvalue weighted by molar-refractivity contribution is -0.137. The summed E-state index contributed by atoms with van der Waals surface area (Å²) in [5.74, 6) is -1.55. The van der Waals surface area contributed by atoms with E-state index in [0.717, 1.165) is 44.9 Å². The fourth-order valence-corrected chi connectivity index (χ4v) is 7.02. The van der Waals surface area contributed by atoms with Crippen molar-refractivity contribution in [3.05, 3.63) is 28.8 Å². The second-order valence-electron chi connectivity index (χ2n) is 13.2. The third kappa shape index (κ3) is 10.9. The van der Waals surface area contributed by atoms with Gasteiger partial charge in [0, 0.05) is 32.2 Å². The number of hydrogen-bond donors (Lipinski definition) is 3. The first-order valence-electron chi connectivity index (χ1n) is 16.0. The number of hydrogen-bond acceptors (Lipinski definition) is 7. The zero-order valence-electron chi connectivity index (χ0n) is 27.9. The minimum absolute atomic E-state index is 0.150.